The van der Waals surface area contributed by atoms with Crippen LogP contribution >= 0.6 is 0 Å². The van der Waals surface area contributed by atoms with Gasteiger partial charge in [0.15, 0.2) is 0 Å². The van der Waals surface area contributed by atoms with Crippen LogP contribution in [0.15, 0.2) is 53.4 Å². The van der Waals surface area contributed by atoms with Crippen LogP contribution in [0.3, 0.4) is 0 Å². The molecule has 0 heterocycles. The first-order valence-corrected chi connectivity index (χ1v) is 10.2. The van der Waals surface area contributed by atoms with Crippen LogP contribution in [0, 0.1) is 13.8 Å². The van der Waals surface area contributed by atoms with Crippen molar-refractivity contribution in [2.75, 3.05) is 38.0 Å². The lowest BCUT2D eigenvalue weighted by atomic mass is 10.1. The van der Waals surface area contributed by atoms with Crippen molar-refractivity contribution in [3.63, 3.8) is 0 Å². The lowest BCUT2D eigenvalue weighted by molar-refractivity contribution is -0.119. The number of hydrogen-bond acceptors (Lipinski definition) is 4. The van der Waals surface area contributed by atoms with Gasteiger partial charge in [-0.15, -0.1) is 0 Å². The second kappa shape index (κ2) is 9.01. The van der Waals surface area contributed by atoms with Crippen molar-refractivity contribution in [3.8, 4) is 0 Å². The molecule has 0 aliphatic carbocycles. The topological polar surface area (TPSA) is 69.7 Å². The second-order valence-corrected chi connectivity index (χ2v) is 8.69. The van der Waals surface area contributed by atoms with Crippen molar-refractivity contribution in [2.45, 2.75) is 18.7 Å². The van der Waals surface area contributed by atoms with Gasteiger partial charge < -0.3 is 10.2 Å². The van der Waals surface area contributed by atoms with Crippen LogP contribution < -0.4 is 9.62 Å². The molecule has 0 saturated heterocycles. The maximum atomic E-state index is 13.2. The Labute approximate surface area is 161 Å². The molecule has 27 heavy (non-hydrogen) atoms. The quantitative estimate of drug-likeness (QED) is 0.751. The Morgan fingerprint density at radius 1 is 1.00 bits per heavy atom. The van der Waals surface area contributed by atoms with E-state index >= 15 is 0 Å². The molecule has 1 N–H and O–H groups in total. The Hall–Kier alpha value is -2.38. The van der Waals surface area contributed by atoms with E-state index in [1.165, 1.54) is 16.4 Å². The molecule has 0 aliphatic rings. The van der Waals surface area contributed by atoms with Gasteiger partial charge in [-0.3, -0.25) is 9.10 Å². The van der Waals surface area contributed by atoms with E-state index < -0.39 is 10.0 Å². The predicted octanol–water partition coefficient (Wildman–Crippen LogP) is 2.18. The van der Waals surface area contributed by atoms with Gasteiger partial charge >= 0.3 is 0 Å². The molecule has 0 aliphatic heterocycles. The third-order valence-electron chi connectivity index (χ3n) is 3.99. The smallest absolute Gasteiger partial charge is 0.264 e. The molecule has 0 bridgehead atoms. The number of rotatable bonds is 8. The van der Waals surface area contributed by atoms with Gasteiger partial charge in [-0.2, -0.15) is 0 Å². The van der Waals surface area contributed by atoms with Crippen LogP contribution in [-0.2, 0) is 14.8 Å². The highest BCUT2D eigenvalue weighted by molar-refractivity contribution is 7.92. The Morgan fingerprint density at radius 2 is 1.59 bits per heavy atom. The minimum Gasteiger partial charge on any atom is -0.353 e. The van der Waals surface area contributed by atoms with E-state index in [9.17, 15) is 13.2 Å². The fourth-order valence-electron chi connectivity index (χ4n) is 2.73. The van der Waals surface area contributed by atoms with Crippen LogP contribution in [0.25, 0.3) is 0 Å². The van der Waals surface area contributed by atoms with E-state index in [4.69, 9.17) is 0 Å². The number of likely N-dealkylation sites (N-methyl/N-ethyl adjacent to an activating group) is 1. The number of nitrogens with zero attached hydrogens (tertiary/aromatic N) is 2. The van der Waals surface area contributed by atoms with Crippen LogP contribution in [0.1, 0.15) is 11.1 Å². The van der Waals surface area contributed by atoms with E-state index in [2.05, 4.69) is 5.32 Å². The van der Waals surface area contributed by atoms with Crippen molar-refractivity contribution >= 4 is 21.6 Å². The van der Waals surface area contributed by atoms with Crippen molar-refractivity contribution in [1.82, 2.24) is 10.2 Å². The largest absolute Gasteiger partial charge is 0.353 e. The van der Waals surface area contributed by atoms with Crippen molar-refractivity contribution in [1.29, 1.82) is 0 Å². The third kappa shape index (κ3) is 5.80. The number of aryl methyl sites for hydroxylation is 2. The molecule has 1 amide bonds. The molecule has 2 rings (SSSR count). The summed E-state index contributed by atoms with van der Waals surface area (Å²) in [5.74, 6) is -0.337. The summed E-state index contributed by atoms with van der Waals surface area (Å²) in [6, 6.07) is 13.7. The van der Waals surface area contributed by atoms with E-state index in [-0.39, 0.29) is 17.3 Å². The van der Waals surface area contributed by atoms with Crippen LogP contribution in [0.5, 0.6) is 0 Å². The number of hydrogen-bond donors (Lipinski definition) is 1. The van der Waals surface area contributed by atoms with E-state index in [0.717, 1.165) is 11.1 Å². The molecule has 0 unspecified atom stereocenters. The fraction of sp³-hybridized carbons (Fsp3) is 0.350. The molecule has 0 radical (unpaired) electrons. The highest BCUT2D eigenvalue weighted by Crippen LogP contribution is 2.25. The normalized spacial score (nSPS) is 11.4. The first-order valence-electron chi connectivity index (χ1n) is 8.77. The second-order valence-electron chi connectivity index (χ2n) is 6.82. The van der Waals surface area contributed by atoms with Gasteiger partial charge in [0.1, 0.15) is 6.54 Å². The van der Waals surface area contributed by atoms with Crippen molar-refractivity contribution < 1.29 is 13.2 Å². The number of anilines is 1. The predicted molar refractivity (Wildman–Crippen MR) is 108 cm³/mol. The summed E-state index contributed by atoms with van der Waals surface area (Å²) in [5.41, 5.74) is 2.36. The van der Waals surface area contributed by atoms with Crippen LogP contribution in [0.2, 0.25) is 0 Å². The Balaban J connectivity index is 2.36. The Kier molecular flexibility index (Phi) is 6.98. The summed E-state index contributed by atoms with van der Waals surface area (Å²) in [6.45, 7) is 4.67. The highest BCUT2D eigenvalue weighted by Gasteiger charge is 2.27. The summed E-state index contributed by atoms with van der Waals surface area (Å²) >= 11 is 0. The van der Waals surface area contributed by atoms with E-state index in [0.29, 0.717) is 18.8 Å². The zero-order valence-electron chi connectivity index (χ0n) is 16.3. The number of amides is 1. The minimum absolute atomic E-state index is 0.158. The summed E-state index contributed by atoms with van der Waals surface area (Å²) in [4.78, 5) is 14.5. The Bertz CT molecular complexity index is 860. The number of carbonyl (C=O) groups is 1. The summed E-state index contributed by atoms with van der Waals surface area (Å²) in [6.07, 6.45) is 0. The van der Waals surface area contributed by atoms with Crippen molar-refractivity contribution in [3.05, 3.63) is 59.7 Å². The first kappa shape index (κ1) is 20.9. The Morgan fingerprint density at radius 3 is 2.15 bits per heavy atom. The molecular weight excluding hydrogens is 362 g/mol. The molecular formula is C20H27N3O3S. The molecule has 2 aromatic carbocycles. The average molecular weight is 390 g/mol. The summed E-state index contributed by atoms with van der Waals surface area (Å²) in [7, 11) is -0.0409. The molecule has 0 aromatic heterocycles. The molecule has 7 heteroatoms. The number of sulfonamides is 1. The fourth-order valence-corrected chi connectivity index (χ4v) is 4.16. The molecule has 0 spiro atoms. The van der Waals surface area contributed by atoms with Gasteiger partial charge in [0, 0.05) is 13.1 Å². The average Bonchev–Trinajstić information content (AvgIpc) is 2.59. The summed E-state index contributed by atoms with van der Waals surface area (Å²) in [5, 5.41) is 2.78. The van der Waals surface area contributed by atoms with Crippen LogP contribution in [-0.4, -0.2) is 53.0 Å². The SMILES string of the molecule is Cc1cc(C)cc(N(CC(=O)NCCN(C)C)S(=O)(=O)c2ccccc2)c1. The first-order chi connectivity index (χ1) is 12.7. The summed E-state index contributed by atoms with van der Waals surface area (Å²) < 4.78 is 27.6. The van der Waals surface area contributed by atoms with Gasteiger partial charge in [0.25, 0.3) is 10.0 Å². The van der Waals surface area contributed by atoms with E-state index in [1.54, 1.807) is 30.3 Å². The molecule has 0 atom stereocenters. The molecule has 0 saturated carbocycles. The van der Waals surface area contributed by atoms with Crippen LogP contribution in [0.4, 0.5) is 5.69 Å². The van der Waals surface area contributed by atoms with Gasteiger partial charge in [-0.25, -0.2) is 8.42 Å². The zero-order valence-corrected chi connectivity index (χ0v) is 17.1. The number of carbonyl (C=O) groups excluding carboxylic acids is 1. The maximum absolute atomic E-state index is 13.2. The van der Waals surface area contributed by atoms with Gasteiger partial charge in [0.05, 0.1) is 10.6 Å². The lowest BCUT2D eigenvalue weighted by Gasteiger charge is -2.25. The number of benzene rings is 2. The molecule has 6 nitrogen and oxygen atoms in total. The molecule has 146 valence electrons. The van der Waals surface area contributed by atoms with Gasteiger partial charge in [-0.05, 0) is 63.3 Å². The van der Waals surface area contributed by atoms with E-state index in [1.807, 2.05) is 38.9 Å². The zero-order chi connectivity index (χ0) is 20.0. The lowest BCUT2D eigenvalue weighted by Crippen LogP contribution is -2.42. The monoisotopic (exact) mass is 389 g/mol. The van der Waals surface area contributed by atoms with Crippen molar-refractivity contribution in [2.24, 2.45) is 0 Å². The number of nitrogens with one attached hydrogen (secondary N) is 1. The van der Waals surface area contributed by atoms with Gasteiger partial charge in [-0.1, -0.05) is 24.3 Å². The van der Waals surface area contributed by atoms with Gasteiger partial charge in [0.2, 0.25) is 5.91 Å². The maximum Gasteiger partial charge on any atom is 0.264 e. The minimum atomic E-state index is -3.86. The molecule has 0 fully saturated rings. The third-order valence-corrected chi connectivity index (χ3v) is 5.78. The molecule has 2 aromatic rings. The highest BCUT2D eigenvalue weighted by atomic mass is 32.2. The standard InChI is InChI=1S/C20H27N3O3S/c1-16-12-17(2)14-18(13-16)23(15-20(24)21-10-11-22(3)4)27(25,26)19-8-6-5-7-9-19/h5-9,12-14H,10-11,15H2,1-4H3,(H,21,24).